The van der Waals surface area contributed by atoms with Crippen molar-refractivity contribution in [2.24, 2.45) is 4.99 Å². The Bertz CT molecular complexity index is 1690. The SMILES string of the molecule is CCC1=C(C(=O)OC)[C@@H](c2ccccc2)n2c(s/c(=C/c3ccc(OCc4cccc(Cl)c4)cc3)c2=O)=N1. The molecule has 38 heavy (non-hydrogen) atoms. The zero-order chi connectivity index (χ0) is 26.6. The second-order valence-electron chi connectivity index (χ2n) is 8.69. The molecule has 1 aliphatic heterocycles. The molecule has 4 aromatic rings. The predicted molar refractivity (Wildman–Crippen MR) is 149 cm³/mol. The number of aromatic nitrogens is 1. The van der Waals surface area contributed by atoms with Gasteiger partial charge in [-0.1, -0.05) is 84.5 Å². The molecule has 0 saturated carbocycles. The molecule has 0 spiro atoms. The zero-order valence-electron chi connectivity index (χ0n) is 20.9. The van der Waals surface area contributed by atoms with Gasteiger partial charge in [-0.3, -0.25) is 9.36 Å². The number of benzene rings is 3. The fourth-order valence-electron chi connectivity index (χ4n) is 4.42. The van der Waals surface area contributed by atoms with Crippen molar-refractivity contribution in [3.05, 3.63) is 132 Å². The van der Waals surface area contributed by atoms with E-state index in [1.807, 2.05) is 91.9 Å². The van der Waals surface area contributed by atoms with Gasteiger partial charge < -0.3 is 9.47 Å². The number of hydrogen-bond donors (Lipinski definition) is 0. The fraction of sp³-hybridized carbons (Fsp3) is 0.167. The van der Waals surface area contributed by atoms with E-state index in [-0.39, 0.29) is 5.56 Å². The van der Waals surface area contributed by atoms with Crippen LogP contribution in [-0.4, -0.2) is 17.6 Å². The Morgan fingerprint density at radius 1 is 1.08 bits per heavy atom. The lowest BCUT2D eigenvalue weighted by atomic mass is 9.95. The molecule has 3 aromatic carbocycles. The molecule has 1 atom stereocenters. The molecule has 0 unspecified atom stereocenters. The van der Waals surface area contributed by atoms with Crippen LogP contribution in [0.25, 0.3) is 6.08 Å². The summed E-state index contributed by atoms with van der Waals surface area (Å²) < 4.78 is 13.1. The molecule has 5 rings (SSSR count). The smallest absolute Gasteiger partial charge is 0.338 e. The summed E-state index contributed by atoms with van der Waals surface area (Å²) in [6.07, 6.45) is 2.37. The maximum atomic E-state index is 13.7. The van der Waals surface area contributed by atoms with Crippen LogP contribution in [0.4, 0.5) is 0 Å². The molecule has 0 bridgehead atoms. The van der Waals surface area contributed by atoms with Gasteiger partial charge in [-0.05, 0) is 53.5 Å². The molecule has 0 amide bonds. The maximum Gasteiger partial charge on any atom is 0.338 e. The summed E-state index contributed by atoms with van der Waals surface area (Å²) >= 11 is 7.35. The van der Waals surface area contributed by atoms with Gasteiger partial charge in [0.2, 0.25) is 0 Å². The van der Waals surface area contributed by atoms with Crippen LogP contribution in [0.2, 0.25) is 5.02 Å². The average Bonchev–Trinajstić information content (AvgIpc) is 3.26. The number of esters is 1. The Kier molecular flexibility index (Phi) is 7.58. The normalized spacial score (nSPS) is 15.1. The zero-order valence-corrected chi connectivity index (χ0v) is 22.5. The standard InChI is InChI=1S/C30H25ClN2O4S/c1-3-24-26(29(35)36-2)27(21-9-5-4-6-10-21)33-28(34)25(38-30(33)32-24)17-19-12-14-23(15-13-19)37-18-20-8-7-11-22(31)16-20/h4-17,27H,3,18H2,1-2H3/b25-17+/t27-/m1/s1. The van der Waals surface area contributed by atoms with Crippen molar-refractivity contribution in [1.29, 1.82) is 0 Å². The van der Waals surface area contributed by atoms with Gasteiger partial charge >= 0.3 is 5.97 Å². The van der Waals surface area contributed by atoms with Crippen LogP contribution >= 0.6 is 22.9 Å². The summed E-state index contributed by atoms with van der Waals surface area (Å²) in [4.78, 5) is 31.8. The molecule has 0 saturated heterocycles. The topological polar surface area (TPSA) is 69.9 Å². The highest BCUT2D eigenvalue weighted by atomic mass is 35.5. The van der Waals surface area contributed by atoms with Crippen molar-refractivity contribution in [1.82, 2.24) is 4.57 Å². The minimum absolute atomic E-state index is 0.208. The summed E-state index contributed by atoms with van der Waals surface area (Å²) in [5.74, 6) is 0.227. The van der Waals surface area contributed by atoms with E-state index < -0.39 is 12.0 Å². The van der Waals surface area contributed by atoms with Gasteiger partial charge in [0.1, 0.15) is 12.4 Å². The number of halogens is 1. The van der Waals surface area contributed by atoms with Gasteiger partial charge in [-0.15, -0.1) is 0 Å². The van der Waals surface area contributed by atoms with Gasteiger partial charge in [0.15, 0.2) is 4.80 Å². The number of ether oxygens (including phenoxy) is 2. The van der Waals surface area contributed by atoms with E-state index in [9.17, 15) is 9.59 Å². The lowest BCUT2D eigenvalue weighted by Gasteiger charge is -2.25. The summed E-state index contributed by atoms with van der Waals surface area (Å²) in [6, 6.07) is 24.0. The molecule has 0 N–H and O–H groups in total. The third-order valence-corrected chi connectivity index (χ3v) is 7.46. The first kappa shape index (κ1) is 25.7. The van der Waals surface area contributed by atoms with Crippen molar-refractivity contribution in [2.45, 2.75) is 26.0 Å². The van der Waals surface area contributed by atoms with Crippen molar-refractivity contribution >= 4 is 35.0 Å². The third-order valence-electron chi connectivity index (χ3n) is 6.24. The Morgan fingerprint density at radius 3 is 2.53 bits per heavy atom. The Morgan fingerprint density at radius 2 is 1.84 bits per heavy atom. The Hall–Kier alpha value is -3.94. The first-order valence-electron chi connectivity index (χ1n) is 12.1. The lowest BCUT2D eigenvalue weighted by molar-refractivity contribution is -0.136. The van der Waals surface area contributed by atoms with Crippen LogP contribution in [0.3, 0.4) is 0 Å². The second-order valence-corrected chi connectivity index (χ2v) is 10.1. The molecular weight excluding hydrogens is 520 g/mol. The third kappa shape index (κ3) is 5.21. The summed E-state index contributed by atoms with van der Waals surface area (Å²) in [5, 5.41) is 0.669. The molecule has 8 heteroatoms. The van der Waals surface area contributed by atoms with Gasteiger partial charge in [0.25, 0.3) is 5.56 Å². The van der Waals surface area contributed by atoms with Crippen LogP contribution < -0.4 is 19.6 Å². The van der Waals surface area contributed by atoms with E-state index in [4.69, 9.17) is 26.1 Å². The second kappa shape index (κ2) is 11.2. The van der Waals surface area contributed by atoms with E-state index in [2.05, 4.69) is 0 Å². The molecule has 192 valence electrons. The molecule has 1 aliphatic rings. The lowest BCUT2D eigenvalue weighted by Crippen LogP contribution is -2.40. The van der Waals surface area contributed by atoms with E-state index >= 15 is 0 Å². The first-order chi connectivity index (χ1) is 18.5. The number of fused-ring (bicyclic) bond motifs is 1. The quantitative estimate of drug-likeness (QED) is 0.306. The van der Waals surface area contributed by atoms with Crippen molar-refractivity contribution in [2.75, 3.05) is 7.11 Å². The predicted octanol–water partition coefficient (Wildman–Crippen LogP) is 5.03. The molecule has 0 fully saturated rings. The number of nitrogens with zero attached hydrogens (tertiary/aromatic N) is 2. The number of methoxy groups -OCH3 is 1. The number of carbonyl (C=O) groups is 1. The van der Waals surface area contributed by atoms with Gasteiger partial charge in [-0.2, -0.15) is 0 Å². The van der Waals surface area contributed by atoms with E-state index in [1.54, 1.807) is 4.57 Å². The van der Waals surface area contributed by atoms with E-state index in [0.717, 1.165) is 16.7 Å². The number of carbonyl (C=O) groups excluding carboxylic acids is 1. The van der Waals surface area contributed by atoms with Crippen LogP contribution in [0, 0.1) is 0 Å². The van der Waals surface area contributed by atoms with Gasteiger partial charge in [-0.25, -0.2) is 9.79 Å². The number of hydrogen-bond acceptors (Lipinski definition) is 6. The van der Waals surface area contributed by atoms with Gasteiger partial charge in [0, 0.05) is 5.02 Å². The first-order valence-corrected chi connectivity index (χ1v) is 13.3. The Balaban J connectivity index is 1.50. The number of thiazole rings is 1. The largest absolute Gasteiger partial charge is 0.489 e. The molecule has 2 heterocycles. The van der Waals surface area contributed by atoms with Crippen molar-refractivity contribution in [3.8, 4) is 5.75 Å². The summed E-state index contributed by atoms with van der Waals surface area (Å²) in [5.41, 5.74) is 3.46. The average molecular weight is 545 g/mol. The van der Waals surface area contributed by atoms with E-state index in [0.29, 0.717) is 44.4 Å². The van der Waals surface area contributed by atoms with Crippen LogP contribution in [0.1, 0.15) is 36.1 Å². The molecule has 0 aliphatic carbocycles. The fourth-order valence-corrected chi connectivity index (χ4v) is 5.65. The van der Waals surface area contributed by atoms with Crippen molar-refractivity contribution < 1.29 is 14.3 Å². The maximum absolute atomic E-state index is 13.7. The molecule has 1 aromatic heterocycles. The van der Waals surface area contributed by atoms with Gasteiger partial charge in [0.05, 0.1) is 29.0 Å². The minimum atomic E-state index is -0.612. The van der Waals surface area contributed by atoms with Crippen LogP contribution in [0.15, 0.2) is 99.9 Å². The Labute approximate surface area is 228 Å². The monoisotopic (exact) mass is 544 g/mol. The van der Waals surface area contributed by atoms with Crippen LogP contribution in [0.5, 0.6) is 5.75 Å². The molecule has 0 radical (unpaired) electrons. The summed E-state index contributed by atoms with van der Waals surface area (Å²) in [7, 11) is 1.35. The highest BCUT2D eigenvalue weighted by Crippen LogP contribution is 2.31. The minimum Gasteiger partial charge on any atom is -0.489 e. The highest BCUT2D eigenvalue weighted by Gasteiger charge is 2.33. The number of rotatable bonds is 7. The van der Waals surface area contributed by atoms with Crippen LogP contribution in [-0.2, 0) is 16.1 Å². The highest BCUT2D eigenvalue weighted by molar-refractivity contribution is 7.07. The van der Waals surface area contributed by atoms with E-state index in [1.165, 1.54) is 18.4 Å². The molecular formula is C30H25ClN2O4S. The molecule has 6 nitrogen and oxygen atoms in total. The summed E-state index contributed by atoms with van der Waals surface area (Å²) in [6.45, 7) is 2.34. The van der Waals surface area contributed by atoms with Crippen molar-refractivity contribution in [3.63, 3.8) is 0 Å². The number of allylic oxidation sites excluding steroid dienone is 1.